The summed E-state index contributed by atoms with van der Waals surface area (Å²) >= 11 is 1.92. The van der Waals surface area contributed by atoms with Gasteiger partial charge in [0, 0.05) is 18.0 Å². The molecule has 0 radical (unpaired) electrons. The van der Waals surface area contributed by atoms with Gasteiger partial charge in [-0.1, -0.05) is 26.5 Å². The van der Waals surface area contributed by atoms with Crippen LogP contribution in [0.2, 0.25) is 0 Å². The molecule has 0 fully saturated rings. The summed E-state index contributed by atoms with van der Waals surface area (Å²) in [5.74, 6) is 0. The van der Waals surface area contributed by atoms with Gasteiger partial charge in [0.2, 0.25) is 0 Å². The average Bonchev–Trinajstić information content (AvgIpc) is 2.01. The highest BCUT2D eigenvalue weighted by Gasteiger charge is 2.11. The molecule has 1 N–H and O–H groups in total. The minimum atomic E-state index is 0.465. The third-order valence-corrected chi connectivity index (χ3v) is 2.88. The van der Waals surface area contributed by atoms with E-state index in [1.807, 2.05) is 24.9 Å². The number of hydrogen-bond acceptors (Lipinski definition) is 2. The van der Waals surface area contributed by atoms with E-state index < -0.39 is 0 Å². The first kappa shape index (κ1) is 11.6. The molecule has 0 saturated carbocycles. The Hall–Kier alpha value is -0.370. The van der Waals surface area contributed by atoms with Gasteiger partial charge in [-0.15, -0.1) is 18.3 Å². The van der Waals surface area contributed by atoms with Crippen LogP contribution in [-0.2, 0) is 0 Å². The molecule has 2 heteroatoms. The molecule has 0 bridgehead atoms. The second kappa shape index (κ2) is 6.18. The number of thioether (sulfide) groups is 1. The van der Waals surface area contributed by atoms with E-state index in [2.05, 4.69) is 32.3 Å². The molecule has 0 aromatic rings. The van der Waals surface area contributed by atoms with Crippen LogP contribution < -0.4 is 5.32 Å². The van der Waals surface area contributed by atoms with E-state index in [1.54, 1.807) is 0 Å². The SMILES string of the molecule is C=CCC(SC(C)C)C(=C)NC. The first-order chi connectivity index (χ1) is 5.61. The maximum absolute atomic E-state index is 3.97. The van der Waals surface area contributed by atoms with Crippen LogP contribution in [0.4, 0.5) is 0 Å². The van der Waals surface area contributed by atoms with Crippen LogP contribution in [0.15, 0.2) is 24.9 Å². The van der Waals surface area contributed by atoms with Gasteiger partial charge in [-0.3, -0.25) is 0 Å². The minimum absolute atomic E-state index is 0.465. The predicted octanol–water partition coefficient (Wildman–Crippen LogP) is 2.81. The molecular weight excluding hydrogens is 166 g/mol. The van der Waals surface area contributed by atoms with Gasteiger partial charge in [0.25, 0.3) is 0 Å². The summed E-state index contributed by atoms with van der Waals surface area (Å²) in [5, 5.41) is 4.20. The van der Waals surface area contributed by atoms with Gasteiger partial charge in [-0.25, -0.2) is 0 Å². The van der Waals surface area contributed by atoms with Crippen LogP contribution in [-0.4, -0.2) is 17.5 Å². The Labute approximate surface area is 80.3 Å². The van der Waals surface area contributed by atoms with Gasteiger partial charge in [-0.05, 0) is 11.7 Å². The molecule has 0 spiro atoms. The van der Waals surface area contributed by atoms with E-state index in [4.69, 9.17) is 0 Å². The van der Waals surface area contributed by atoms with Crippen molar-refractivity contribution in [1.82, 2.24) is 5.32 Å². The fraction of sp³-hybridized carbons (Fsp3) is 0.600. The molecule has 0 aliphatic rings. The van der Waals surface area contributed by atoms with Crippen molar-refractivity contribution < 1.29 is 0 Å². The third kappa shape index (κ3) is 4.50. The van der Waals surface area contributed by atoms with Crippen molar-refractivity contribution in [3.63, 3.8) is 0 Å². The van der Waals surface area contributed by atoms with Crippen molar-refractivity contribution in [2.45, 2.75) is 30.8 Å². The molecule has 0 aromatic heterocycles. The normalized spacial score (nSPS) is 12.7. The standard InChI is InChI=1S/C10H19NS/c1-6-7-10(9(4)11-5)12-8(2)3/h6,8,10-11H,1,4,7H2,2-3,5H3. The van der Waals surface area contributed by atoms with Crippen LogP contribution in [0, 0.1) is 0 Å². The Morgan fingerprint density at radius 1 is 1.58 bits per heavy atom. The van der Waals surface area contributed by atoms with Crippen molar-refractivity contribution in [3.05, 3.63) is 24.9 Å². The molecule has 1 nitrogen and oxygen atoms in total. The molecule has 0 heterocycles. The Morgan fingerprint density at radius 3 is 2.50 bits per heavy atom. The van der Waals surface area contributed by atoms with Gasteiger partial charge < -0.3 is 5.32 Å². The Balaban J connectivity index is 4.02. The van der Waals surface area contributed by atoms with Crippen molar-refractivity contribution in [1.29, 1.82) is 0 Å². The van der Waals surface area contributed by atoms with Crippen LogP contribution in [0.1, 0.15) is 20.3 Å². The number of hydrogen-bond donors (Lipinski definition) is 1. The molecule has 70 valence electrons. The molecule has 0 aliphatic heterocycles. The average molecular weight is 185 g/mol. The van der Waals surface area contributed by atoms with E-state index in [0.29, 0.717) is 10.5 Å². The van der Waals surface area contributed by atoms with Crippen molar-refractivity contribution in [2.75, 3.05) is 7.05 Å². The lowest BCUT2D eigenvalue weighted by Gasteiger charge is -2.19. The lowest BCUT2D eigenvalue weighted by molar-refractivity contribution is 0.868. The van der Waals surface area contributed by atoms with Gasteiger partial charge in [-0.2, -0.15) is 0 Å². The second-order valence-electron chi connectivity index (χ2n) is 2.97. The highest BCUT2D eigenvalue weighted by atomic mass is 32.2. The van der Waals surface area contributed by atoms with Crippen LogP contribution in [0.25, 0.3) is 0 Å². The lowest BCUT2D eigenvalue weighted by Crippen LogP contribution is -2.18. The quantitative estimate of drug-likeness (QED) is 0.639. The van der Waals surface area contributed by atoms with Gasteiger partial charge in [0.05, 0.1) is 0 Å². The molecule has 0 rings (SSSR count). The van der Waals surface area contributed by atoms with Gasteiger partial charge in [0.15, 0.2) is 0 Å². The van der Waals surface area contributed by atoms with Gasteiger partial charge >= 0.3 is 0 Å². The molecule has 0 saturated heterocycles. The predicted molar refractivity (Wildman–Crippen MR) is 59.5 cm³/mol. The van der Waals surface area contributed by atoms with Crippen molar-refractivity contribution in [2.24, 2.45) is 0 Å². The number of rotatable bonds is 6. The number of nitrogens with one attached hydrogen (secondary N) is 1. The van der Waals surface area contributed by atoms with Crippen molar-refractivity contribution >= 4 is 11.8 Å². The fourth-order valence-electron chi connectivity index (χ4n) is 0.921. The van der Waals surface area contributed by atoms with Crippen LogP contribution >= 0.6 is 11.8 Å². The topological polar surface area (TPSA) is 12.0 Å². The summed E-state index contributed by atoms with van der Waals surface area (Å²) in [4.78, 5) is 0. The zero-order valence-corrected chi connectivity index (χ0v) is 9.08. The third-order valence-electron chi connectivity index (χ3n) is 1.53. The second-order valence-corrected chi connectivity index (χ2v) is 4.76. The summed E-state index contributed by atoms with van der Waals surface area (Å²) in [6.45, 7) is 12.1. The minimum Gasteiger partial charge on any atom is -0.391 e. The molecule has 0 amide bonds. The first-order valence-corrected chi connectivity index (χ1v) is 5.19. The maximum Gasteiger partial charge on any atom is 0.0475 e. The summed E-state index contributed by atoms with van der Waals surface area (Å²) in [7, 11) is 1.92. The molecule has 0 aliphatic carbocycles. The zero-order chi connectivity index (χ0) is 9.56. The first-order valence-electron chi connectivity index (χ1n) is 4.24. The Kier molecular flexibility index (Phi) is 5.99. The monoisotopic (exact) mass is 185 g/mol. The molecule has 1 unspecified atom stereocenters. The smallest absolute Gasteiger partial charge is 0.0475 e. The van der Waals surface area contributed by atoms with Crippen LogP contribution in [0.5, 0.6) is 0 Å². The summed E-state index contributed by atoms with van der Waals surface area (Å²) in [5.41, 5.74) is 1.09. The number of allylic oxidation sites excluding steroid dienone is 1. The highest BCUT2D eigenvalue weighted by Crippen LogP contribution is 2.24. The molecular formula is C10H19NS. The van der Waals surface area contributed by atoms with Crippen molar-refractivity contribution in [3.8, 4) is 0 Å². The van der Waals surface area contributed by atoms with Crippen LogP contribution in [0.3, 0.4) is 0 Å². The summed E-state index contributed by atoms with van der Waals surface area (Å²) in [6, 6.07) is 0. The fourth-order valence-corrected chi connectivity index (χ4v) is 2.11. The summed E-state index contributed by atoms with van der Waals surface area (Å²) in [6.07, 6.45) is 2.94. The Bertz CT molecular complexity index is 152. The molecule has 0 aromatic carbocycles. The van der Waals surface area contributed by atoms with Gasteiger partial charge in [0.1, 0.15) is 0 Å². The largest absolute Gasteiger partial charge is 0.391 e. The van der Waals surface area contributed by atoms with E-state index in [9.17, 15) is 0 Å². The van der Waals surface area contributed by atoms with E-state index >= 15 is 0 Å². The van der Waals surface area contributed by atoms with E-state index in [-0.39, 0.29) is 0 Å². The maximum atomic E-state index is 3.97. The zero-order valence-electron chi connectivity index (χ0n) is 8.26. The van der Waals surface area contributed by atoms with E-state index in [0.717, 1.165) is 12.1 Å². The van der Waals surface area contributed by atoms with E-state index in [1.165, 1.54) is 0 Å². The molecule has 1 atom stereocenters. The highest BCUT2D eigenvalue weighted by molar-refractivity contribution is 8.00. The lowest BCUT2D eigenvalue weighted by atomic mass is 10.2. The summed E-state index contributed by atoms with van der Waals surface area (Å²) < 4.78 is 0. The molecule has 12 heavy (non-hydrogen) atoms. The Morgan fingerprint density at radius 2 is 2.17 bits per heavy atom.